The molecule has 0 unspecified atom stereocenters. The number of hydrogen-bond acceptors (Lipinski definition) is 6. The molecule has 0 aliphatic carbocycles. The number of thioether (sulfide) groups is 1. The standard InChI is InChI=1S/C20H23N3O3S/c1-4-5-15-7-6-14(13-21)20(22-15)27-11-10-19(24)23-17-12-16(25-2)8-9-18(17)26-3/h6-9,12H,4-5,10-11H2,1-3H3,(H,23,24). The van der Waals surface area contributed by atoms with Gasteiger partial charge < -0.3 is 14.8 Å². The predicted octanol–water partition coefficient (Wildman–Crippen LogP) is 4.04. The van der Waals surface area contributed by atoms with Gasteiger partial charge in [0.2, 0.25) is 5.91 Å². The summed E-state index contributed by atoms with van der Waals surface area (Å²) in [5, 5.41) is 12.8. The highest BCUT2D eigenvalue weighted by molar-refractivity contribution is 7.99. The molecule has 0 fully saturated rings. The first kappa shape index (κ1) is 20.6. The van der Waals surface area contributed by atoms with E-state index in [1.807, 2.05) is 6.07 Å². The average molecular weight is 385 g/mol. The van der Waals surface area contributed by atoms with E-state index in [2.05, 4.69) is 23.3 Å². The summed E-state index contributed by atoms with van der Waals surface area (Å²) in [7, 11) is 3.11. The zero-order chi connectivity index (χ0) is 19.6. The second-order valence-corrected chi connectivity index (χ2v) is 6.81. The molecule has 2 aromatic rings. The lowest BCUT2D eigenvalue weighted by Gasteiger charge is -2.12. The fourth-order valence-electron chi connectivity index (χ4n) is 2.43. The third-order valence-corrected chi connectivity index (χ3v) is 4.79. The lowest BCUT2D eigenvalue weighted by atomic mass is 10.2. The van der Waals surface area contributed by atoms with Crippen LogP contribution < -0.4 is 14.8 Å². The maximum atomic E-state index is 12.3. The number of ether oxygens (including phenoxy) is 2. The Balaban J connectivity index is 1.97. The summed E-state index contributed by atoms with van der Waals surface area (Å²) in [5.74, 6) is 1.58. The molecule has 1 heterocycles. The second kappa shape index (κ2) is 10.4. The van der Waals surface area contributed by atoms with Crippen molar-refractivity contribution in [2.24, 2.45) is 0 Å². The van der Waals surface area contributed by atoms with Gasteiger partial charge in [0.1, 0.15) is 22.6 Å². The van der Waals surface area contributed by atoms with Gasteiger partial charge >= 0.3 is 0 Å². The van der Waals surface area contributed by atoms with Crippen LogP contribution in [0.4, 0.5) is 5.69 Å². The minimum atomic E-state index is -0.141. The number of aromatic nitrogens is 1. The highest BCUT2D eigenvalue weighted by atomic mass is 32.2. The van der Waals surface area contributed by atoms with Crippen molar-refractivity contribution >= 4 is 23.4 Å². The van der Waals surface area contributed by atoms with Crippen LogP contribution in [0.3, 0.4) is 0 Å². The highest BCUT2D eigenvalue weighted by Crippen LogP contribution is 2.29. The van der Waals surface area contributed by atoms with E-state index in [1.165, 1.54) is 11.8 Å². The van der Waals surface area contributed by atoms with Crippen LogP contribution in [0.1, 0.15) is 31.0 Å². The molecule has 0 aliphatic rings. The van der Waals surface area contributed by atoms with Crippen molar-refractivity contribution in [1.29, 1.82) is 5.26 Å². The van der Waals surface area contributed by atoms with Crippen LogP contribution in [0.5, 0.6) is 11.5 Å². The Morgan fingerprint density at radius 3 is 2.74 bits per heavy atom. The summed E-state index contributed by atoms with van der Waals surface area (Å²) in [6, 6.07) is 11.1. The third kappa shape index (κ3) is 5.90. The molecule has 1 aromatic carbocycles. The number of nitriles is 1. The van der Waals surface area contributed by atoms with Crippen LogP contribution >= 0.6 is 11.8 Å². The average Bonchev–Trinajstić information content (AvgIpc) is 2.68. The molecule has 2 rings (SSSR count). The van der Waals surface area contributed by atoms with Crippen LogP contribution in [-0.2, 0) is 11.2 Å². The Hall–Kier alpha value is -2.72. The first-order valence-electron chi connectivity index (χ1n) is 8.66. The van der Waals surface area contributed by atoms with Crippen molar-refractivity contribution in [2.45, 2.75) is 31.2 Å². The minimum Gasteiger partial charge on any atom is -0.497 e. The number of nitrogens with zero attached hydrogens (tertiary/aromatic N) is 2. The molecule has 7 heteroatoms. The van der Waals surface area contributed by atoms with Crippen molar-refractivity contribution in [3.8, 4) is 17.6 Å². The van der Waals surface area contributed by atoms with Gasteiger partial charge in [-0.15, -0.1) is 11.8 Å². The molecule has 6 nitrogen and oxygen atoms in total. The van der Waals surface area contributed by atoms with Gasteiger partial charge in [-0.25, -0.2) is 4.98 Å². The van der Waals surface area contributed by atoms with E-state index in [-0.39, 0.29) is 12.3 Å². The summed E-state index contributed by atoms with van der Waals surface area (Å²) in [6.45, 7) is 2.09. The Morgan fingerprint density at radius 2 is 2.07 bits per heavy atom. The maximum Gasteiger partial charge on any atom is 0.225 e. The van der Waals surface area contributed by atoms with Crippen molar-refractivity contribution < 1.29 is 14.3 Å². The zero-order valence-electron chi connectivity index (χ0n) is 15.7. The molecule has 0 saturated heterocycles. The molecular weight excluding hydrogens is 362 g/mol. The lowest BCUT2D eigenvalue weighted by Crippen LogP contribution is -2.13. The Kier molecular flexibility index (Phi) is 7.96. The Bertz CT molecular complexity index is 834. The number of rotatable bonds is 9. The number of carbonyl (C=O) groups is 1. The number of anilines is 1. The molecule has 0 radical (unpaired) electrons. The molecule has 0 spiro atoms. The molecule has 1 amide bonds. The first-order chi connectivity index (χ1) is 13.1. The van der Waals surface area contributed by atoms with Gasteiger partial charge in [0.25, 0.3) is 0 Å². The molecule has 1 N–H and O–H groups in total. The summed E-state index contributed by atoms with van der Waals surface area (Å²) < 4.78 is 10.4. The van der Waals surface area contributed by atoms with Gasteiger partial charge in [0.05, 0.1) is 25.5 Å². The van der Waals surface area contributed by atoms with E-state index in [1.54, 1.807) is 38.5 Å². The second-order valence-electron chi connectivity index (χ2n) is 5.73. The summed E-state index contributed by atoms with van der Waals surface area (Å²) >= 11 is 1.42. The predicted molar refractivity (Wildman–Crippen MR) is 106 cm³/mol. The molecular formula is C20H23N3O3S. The van der Waals surface area contributed by atoms with Crippen LogP contribution in [-0.4, -0.2) is 30.9 Å². The summed E-state index contributed by atoms with van der Waals surface area (Å²) in [4.78, 5) is 16.8. The molecule has 0 atom stereocenters. The molecule has 0 aliphatic heterocycles. The van der Waals surface area contributed by atoms with Crippen LogP contribution in [0.25, 0.3) is 0 Å². The number of benzene rings is 1. The fourth-order valence-corrected chi connectivity index (χ4v) is 3.37. The van der Waals surface area contributed by atoms with E-state index < -0.39 is 0 Å². The van der Waals surface area contributed by atoms with Gasteiger partial charge in [-0.05, 0) is 30.7 Å². The number of nitrogens with one attached hydrogen (secondary N) is 1. The van der Waals surface area contributed by atoms with Gasteiger partial charge in [0, 0.05) is 23.9 Å². The Morgan fingerprint density at radius 1 is 1.26 bits per heavy atom. The summed E-state index contributed by atoms with van der Waals surface area (Å²) in [6.07, 6.45) is 2.15. The van der Waals surface area contributed by atoms with Gasteiger partial charge in [-0.1, -0.05) is 13.3 Å². The van der Waals surface area contributed by atoms with Crippen molar-refractivity contribution in [1.82, 2.24) is 4.98 Å². The van der Waals surface area contributed by atoms with E-state index in [4.69, 9.17) is 9.47 Å². The first-order valence-corrected chi connectivity index (χ1v) is 9.64. The van der Waals surface area contributed by atoms with Crippen LogP contribution in [0.15, 0.2) is 35.4 Å². The van der Waals surface area contributed by atoms with Gasteiger partial charge in [-0.3, -0.25) is 4.79 Å². The number of carbonyl (C=O) groups excluding carboxylic acids is 1. The molecule has 1 aromatic heterocycles. The topological polar surface area (TPSA) is 84.2 Å². The lowest BCUT2D eigenvalue weighted by molar-refractivity contribution is -0.115. The molecule has 0 bridgehead atoms. The van der Waals surface area contributed by atoms with Crippen molar-refractivity contribution in [3.63, 3.8) is 0 Å². The fraction of sp³-hybridized carbons (Fsp3) is 0.350. The van der Waals surface area contributed by atoms with E-state index >= 15 is 0 Å². The smallest absolute Gasteiger partial charge is 0.225 e. The molecule has 142 valence electrons. The van der Waals surface area contributed by atoms with Crippen molar-refractivity contribution in [3.05, 3.63) is 41.6 Å². The zero-order valence-corrected chi connectivity index (χ0v) is 16.6. The van der Waals surface area contributed by atoms with Crippen LogP contribution in [0, 0.1) is 11.3 Å². The summed E-state index contributed by atoms with van der Waals surface area (Å²) in [5.41, 5.74) is 2.06. The molecule has 27 heavy (non-hydrogen) atoms. The number of hydrogen-bond donors (Lipinski definition) is 1. The highest BCUT2D eigenvalue weighted by Gasteiger charge is 2.11. The minimum absolute atomic E-state index is 0.141. The SMILES string of the molecule is CCCc1ccc(C#N)c(SCCC(=O)Nc2cc(OC)ccc2OC)n1. The van der Waals surface area contributed by atoms with Gasteiger partial charge in [0.15, 0.2) is 0 Å². The number of aryl methyl sites for hydroxylation is 1. The Labute approximate surface area is 163 Å². The number of methoxy groups -OCH3 is 2. The normalized spacial score (nSPS) is 10.1. The van der Waals surface area contributed by atoms with Crippen molar-refractivity contribution in [2.75, 3.05) is 25.3 Å². The van der Waals surface area contributed by atoms with Crippen LogP contribution in [0.2, 0.25) is 0 Å². The number of pyridine rings is 1. The monoisotopic (exact) mass is 385 g/mol. The van der Waals surface area contributed by atoms with E-state index in [9.17, 15) is 10.1 Å². The largest absolute Gasteiger partial charge is 0.497 e. The van der Waals surface area contributed by atoms with Gasteiger partial charge in [-0.2, -0.15) is 5.26 Å². The van der Waals surface area contributed by atoms with E-state index in [0.717, 1.165) is 18.5 Å². The van der Waals surface area contributed by atoms with E-state index in [0.29, 0.717) is 33.5 Å². The number of amides is 1. The molecule has 0 saturated carbocycles. The quantitative estimate of drug-likeness (QED) is 0.656. The third-order valence-electron chi connectivity index (χ3n) is 3.79. The maximum absolute atomic E-state index is 12.3.